The zero-order valence-electron chi connectivity index (χ0n) is 14.8. The average Bonchev–Trinajstić information content (AvgIpc) is 2.58. The van der Waals surface area contributed by atoms with Crippen molar-refractivity contribution in [2.45, 2.75) is 19.2 Å². The van der Waals surface area contributed by atoms with Gasteiger partial charge in [-0.1, -0.05) is 42.0 Å². The zero-order chi connectivity index (χ0) is 18.1. The minimum absolute atomic E-state index is 0.0514. The van der Waals surface area contributed by atoms with Crippen LogP contribution in [0.3, 0.4) is 0 Å². The summed E-state index contributed by atoms with van der Waals surface area (Å²) in [5.74, 6) is 1.68. The number of nitrogens with one attached hydrogen (secondary N) is 2. The second-order valence-corrected chi connectivity index (χ2v) is 7.43. The summed E-state index contributed by atoms with van der Waals surface area (Å²) in [6, 6.07) is 15.0. The Balaban J connectivity index is 1.58. The maximum atomic E-state index is 12.9. The molecule has 0 aliphatic carbocycles. The molecule has 0 aliphatic rings. The lowest BCUT2D eigenvalue weighted by Gasteiger charge is -2.14. The molecule has 0 heterocycles. The van der Waals surface area contributed by atoms with Gasteiger partial charge in [0.2, 0.25) is 0 Å². The van der Waals surface area contributed by atoms with Crippen LogP contribution in [0.5, 0.6) is 0 Å². The molecule has 1 unspecified atom stereocenters. The minimum atomic E-state index is -0.234. The Bertz CT molecular complexity index is 658. The number of hydrogen-bond acceptors (Lipinski definition) is 2. The molecule has 2 aromatic carbocycles. The van der Waals surface area contributed by atoms with Crippen molar-refractivity contribution < 1.29 is 14.1 Å². The van der Waals surface area contributed by atoms with Crippen molar-refractivity contribution in [1.29, 1.82) is 0 Å². The summed E-state index contributed by atoms with van der Waals surface area (Å²) >= 11 is 1.82. The van der Waals surface area contributed by atoms with Gasteiger partial charge < -0.3 is 10.2 Å². The van der Waals surface area contributed by atoms with E-state index in [1.165, 1.54) is 23.3 Å². The van der Waals surface area contributed by atoms with Gasteiger partial charge in [0.25, 0.3) is 5.91 Å². The summed E-state index contributed by atoms with van der Waals surface area (Å²) in [6.45, 7) is 3.89. The summed E-state index contributed by atoms with van der Waals surface area (Å²) in [6.07, 6.45) is 0. The van der Waals surface area contributed by atoms with Crippen LogP contribution < -0.4 is 10.2 Å². The van der Waals surface area contributed by atoms with Gasteiger partial charge >= 0.3 is 0 Å². The van der Waals surface area contributed by atoms with Gasteiger partial charge in [-0.05, 0) is 24.6 Å². The van der Waals surface area contributed by atoms with Crippen LogP contribution in [0.25, 0.3) is 0 Å². The SMILES string of the molecule is Cc1ccc(CSCCNC(=O)C[NH+](C)Cc2ccc(F)cc2)cc1. The second kappa shape index (κ2) is 10.2. The molecule has 2 rings (SSSR count). The number of benzene rings is 2. The van der Waals surface area contributed by atoms with E-state index in [4.69, 9.17) is 0 Å². The Morgan fingerprint density at radius 3 is 2.40 bits per heavy atom. The minimum Gasteiger partial charge on any atom is -0.350 e. The van der Waals surface area contributed by atoms with Gasteiger partial charge in [-0.25, -0.2) is 4.39 Å². The largest absolute Gasteiger partial charge is 0.350 e. The van der Waals surface area contributed by atoms with E-state index in [1.54, 1.807) is 12.1 Å². The molecule has 1 atom stereocenters. The highest BCUT2D eigenvalue weighted by Gasteiger charge is 2.10. The van der Waals surface area contributed by atoms with E-state index in [1.807, 2.05) is 18.8 Å². The zero-order valence-corrected chi connectivity index (χ0v) is 15.7. The van der Waals surface area contributed by atoms with Gasteiger partial charge in [-0.2, -0.15) is 11.8 Å². The fraction of sp³-hybridized carbons (Fsp3) is 0.350. The van der Waals surface area contributed by atoms with Crippen LogP contribution in [-0.2, 0) is 17.1 Å². The number of quaternary nitrogens is 1. The van der Waals surface area contributed by atoms with Crippen molar-refractivity contribution in [1.82, 2.24) is 5.32 Å². The second-order valence-electron chi connectivity index (χ2n) is 6.33. The average molecular weight is 362 g/mol. The summed E-state index contributed by atoms with van der Waals surface area (Å²) in [5, 5.41) is 2.96. The van der Waals surface area contributed by atoms with Gasteiger partial charge in [0.05, 0.1) is 7.05 Å². The number of rotatable bonds is 9. The quantitative estimate of drug-likeness (QED) is 0.672. The fourth-order valence-corrected chi connectivity index (χ4v) is 3.31. The Kier molecular flexibility index (Phi) is 7.95. The monoisotopic (exact) mass is 361 g/mol. The van der Waals surface area contributed by atoms with Gasteiger partial charge in [0.1, 0.15) is 12.4 Å². The first-order chi connectivity index (χ1) is 12.0. The van der Waals surface area contributed by atoms with E-state index >= 15 is 0 Å². The lowest BCUT2D eigenvalue weighted by atomic mass is 10.2. The van der Waals surface area contributed by atoms with Gasteiger partial charge in [0.15, 0.2) is 6.54 Å². The van der Waals surface area contributed by atoms with Crippen LogP contribution >= 0.6 is 11.8 Å². The number of thioether (sulfide) groups is 1. The Morgan fingerprint density at radius 2 is 1.72 bits per heavy atom. The predicted octanol–water partition coefficient (Wildman–Crippen LogP) is 2.20. The third-order valence-corrected chi connectivity index (χ3v) is 4.87. The maximum absolute atomic E-state index is 12.9. The lowest BCUT2D eigenvalue weighted by Crippen LogP contribution is -3.08. The molecule has 2 aromatic rings. The van der Waals surface area contributed by atoms with Crippen molar-refractivity contribution in [3.63, 3.8) is 0 Å². The number of aryl methyl sites for hydroxylation is 1. The number of likely N-dealkylation sites (N-methyl/N-ethyl adjacent to an activating group) is 1. The van der Waals surface area contributed by atoms with Gasteiger partial charge in [-0.15, -0.1) is 0 Å². The van der Waals surface area contributed by atoms with Gasteiger partial charge in [0, 0.05) is 23.6 Å². The molecule has 2 N–H and O–H groups in total. The van der Waals surface area contributed by atoms with Crippen LogP contribution in [0.15, 0.2) is 48.5 Å². The lowest BCUT2D eigenvalue weighted by molar-refractivity contribution is -0.885. The first-order valence-electron chi connectivity index (χ1n) is 8.48. The van der Waals surface area contributed by atoms with Gasteiger partial charge in [-0.3, -0.25) is 4.79 Å². The van der Waals surface area contributed by atoms with Crippen LogP contribution in [0.4, 0.5) is 4.39 Å². The number of halogens is 1. The highest BCUT2D eigenvalue weighted by Crippen LogP contribution is 2.12. The number of hydrogen-bond donors (Lipinski definition) is 2. The van der Waals surface area contributed by atoms with Crippen LogP contribution in [0.2, 0.25) is 0 Å². The molecule has 0 radical (unpaired) electrons. The Labute approximate surface area is 153 Å². The van der Waals surface area contributed by atoms with Crippen molar-refractivity contribution in [2.24, 2.45) is 0 Å². The van der Waals surface area contributed by atoms with Crippen molar-refractivity contribution >= 4 is 17.7 Å². The van der Waals surface area contributed by atoms with Crippen molar-refractivity contribution in [3.05, 3.63) is 71.0 Å². The summed E-state index contributed by atoms with van der Waals surface area (Å²) in [5.41, 5.74) is 3.61. The maximum Gasteiger partial charge on any atom is 0.275 e. The van der Waals surface area contributed by atoms with E-state index < -0.39 is 0 Å². The molecule has 5 heteroatoms. The smallest absolute Gasteiger partial charge is 0.275 e. The molecule has 0 bridgehead atoms. The molecule has 3 nitrogen and oxygen atoms in total. The molecule has 0 aliphatic heterocycles. The van der Waals surface area contributed by atoms with E-state index in [-0.39, 0.29) is 11.7 Å². The summed E-state index contributed by atoms with van der Waals surface area (Å²) in [4.78, 5) is 13.0. The van der Waals surface area contributed by atoms with Crippen molar-refractivity contribution in [3.8, 4) is 0 Å². The molecular weight excluding hydrogens is 335 g/mol. The Hall–Kier alpha value is -1.85. The summed E-state index contributed by atoms with van der Waals surface area (Å²) in [7, 11) is 1.97. The molecule has 1 amide bonds. The van der Waals surface area contributed by atoms with Crippen LogP contribution in [0, 0.1) is 12.7 Å². The first kappa shape index (κ1) is 19.5. The molecule has 0 fully saturated rings. The summed E-state index contributed by atoms with van der Waals surface area (Å²) < 4.78 is 12.9. The first-order valence-corrected chi connectivity index (χ1v) is 9.64. The molecule has 0 saturated carbocycles. The standard InChI is InChI=1S/C20H25FN2OS/c1-16-3-5-18(6-4-16)15-25-12-11-22-20(24)14-23(2)13-17-7-9-19(21)10-8-17/h3-10H,11-15H2,1-2H3,(H,22,24)/p+1. The normalized spacial score (nSPS) is 12.0. The Morgan fingerprint density at radius 1 is 1.08 bits per heavy atom. The fourth-order valence-electron chi connectivity index (χ4n) is 2.49. The number of amides is 1. The molecule has 0 saturated heterocycles. The molecule has 25 heavy (non-hydrogen) atoms. The number of carbonyl (C=O) groups is 1. The van der Waals surface area contributed by atoms with Crippen LogP contribution in [-0.4, -0.2) is 31.8 Å². The molecule has 134 valence electrons. The van der Waals surface area contributed by atoms with E-state index in [0.29, 0.717) is 19.6 Å². The topological polar surface area (TPSA) is 33.5 Å². The van der Waals surface area contributed by atoms with E-state index in [0.717, 1.165) is 22.0 Å². The van der Waals surface area contributed by atoms with Crippen molar-refractivity contribution in [2.75, 3.05) is 25.9 Å². The van der Waals surface area contributed by atoms with E-state index in [2.05, 4.69) is 36.5 Å². The molecular formula is C20H26FN2OS+. The van der Waals surface area contributed by atoms with E-state index in [9.17, 15) is 9.18 Å². The number of carbonyl (C=O) groups excluding carboxylic acids is 1. The molecule has 0 aromatic heterocycles. The highest BCUT2D eigenvalue weighted by molar-refractivity contribution is 7.98. The van der Waals surface area contributed by atoms with Crippen LogP contribution in [0.1, 0.15) is 16.7 Å². The predicted molar refractivity (Wildman–Crippen MR) is 102 cm³/mol. The highest BCUT2D eigenvalue weighted by atomic mass is 32.2. The third-order valence-electron chi connectivity index (χ3n) is 3.84. The third kappa shape index (κ3) is 7.71. The molecule has 0 spiro atoms.